The molecule has 0 radical (unpaired) electrons. The average molecular weight is 255 g/mol. The standard InChI is InChI=1S/C10H19ClO3S/c1-2-3-8-14-9-4-6-10(7-5-9)15(11,12)13/h9-10H,2-8H2,1H3. The van der Waals surface area contributed by atoms with Crippen LogP contribution in [0, 0.1) is 0 Å². The molecule has 90 valence electrons. The predicted octanol–water partition coefficient (Wildman–Crippen LogP) is 2.68. The maximum Gasteiger partial charge on any atom is 0.235 e. The van der Waals surface area contributed by atoms with E-state index in [1.54, 1.807) is 0 Å². The first kappa shape index (κ1) is 13.3. The molecule has 1 rings (SSSR count). The molecule has 1 saturated carbocycles. The minimum absolute atomic E-state index is 0.242. The van der Waals surface area contributed by atoms with Crippen LogP contribution >= 0.6 is 10.7 Å². The Bertz CT molecular complexity index is 268. The summed E-state index contributed by atoms with van der Waals surface area (Å²) in [5, 5.41) is -0.356. The van der Waals surface area contributed by atoms with Crippen LogP contribution in [0.4, 0.5) is 0 Å². The Morgan fingerprint density at radius 2 is 1.87 bits per heavy atom. The first-order valence-electron chi connectivity index (χ1n) is 5.59. The second-order valence-electron chi connectivity index (χ2n) is 4.10. The van der Waals surface area contributed by atoms with Gasteiger partial charge in [-0.25, -0.2) is 8.42 Å². The number of halogens is 1. The molecule has 0 spiro atoms. The molecule has 15 heavy (non-hydrogen) atoms. The first-order chi connectivity index (χ1) is 7.04. The summed E-state index contributed by atoms with van der Waals surface area (Å²) in [4.78, 5) is 0. The molecular formula is C10H19ClO3S. The Morgan fingerprint density at radius 1 is 1.27 bits per heavy atom. The maximum atomic E-state index is 11.1. The first-order valence-corrected chi connectivity index (χ1v) is 7.96. The van der Waals surface area contributed by atoms with Crippen molar-refractivity contribution in [2.75, 3.05) is 6.61 Å². The van der Waals surface area contributed by atoms with Crippen molar-refractivity contribution in [1.82, 2.24) is 0 Å². The van der Waals surface area contributed by atoms with Crippen LogP contribution in [0.1, 0.15) is 45.4 Å². The van der Waals surface area contributed by atoms with E-state index in [0.717, 1.165) is 32.3 Å². The van der Waals surface area contributed by atoms with Gasteiger partial charge >= 0.3 is 0 Å². The number of unbranched alkanes of at least 4 members (excludes halogenated alkanes) is 1. The van der Waals surface area contributed by atoms with E-state index in [1.165, 1.54) is 0 Å². The highest BCUT2D eigenvalue weighted by Gasteiger charge is 2.29. The Hall–Kier alpha value is 0.200. The van der Waals surface area contributed by atoms with E-state index in [4.69, 9.17) is 15.4 Å². The van der Waals surface area contributed by atoms with E-state index in [1.807, 2.05) is 0 Å². The van der Waals surface area contributed by atoms with Gasteiger partial charge in [0.05, 0.1) is 11.4 Å². The third-order valence-electron chi connectivity index (χ3n) is 2.87. The molecule has 0 atom stereocenters. The van der Waals surface area contributed by atoms with Gasteiger partial charge in [-0.2, -0.15) is 0 Å². The lowest BCUT2D eigenvalue weighted by Crippen LogP contribution is -2.28. The highest BCUT2D eigenvalue weighted by Crippen LogP contribution is 2.28. The molecule has 1 aliphatic rings. The molecular weight excluding hydrogens is 236 g/mol. The third-order valence-corrected chi connectivity index (χ3v) is 4.89. The second kappa shape index (κ2) is 6.06. The fourth-order valence-corrected chi connectivity index (χ4v) is 3.24. The van der Waals surface area contributed by atoms with E-state index < -0.39 is 9.05 Å². The van der Waals surface area contributed by atoms with Crippen LogP contribution in [-0.4, -0.2) is 26.4 Å². The van der Waals surface area contributed by atoms with Gasteiger partial charge in [0.25, 0.3) is 0 Å². The van der Waals surface area contributed by atoms with Gasteiger partial charge in [-0.05, 0) is 32.1 Å². The van der Waals surface area contributed by atoms with Crippen molar-refractivity contribution < 1.29 is 13.2 Å². The van der Waals surface area contributed by atoms with Crippen LogP contribution in [-0.2, 0) is 13.8 Å². The molecule has 0 saturated heterocycles. The zero-order valence-electron chi connectivity index (χ0n) is 9.12. The molecule has 3 nitrogen and oxygen atoms in total. The number of hydrogen-bond acceptors (Lipinski definition) is 3. The predicted molar refractivity (Wildman–Crippen MR) is 61.7 cm³/mol. The number of rotatable bonds is 5. The molecule has 0 bridgehead atoms. The lowest BCUT2D eigenvalue weighted by Gasteiger charge is -2.26. The largest absolute Gasteiger partial charge is 0.378 e. The fourth-order valence-electron chi connectivity index (χ4n) is 1.87. The minimum Gasteiger partial charge on any atom is -0.378 e. The van der Waals surface area contributed by atoms with Crippen molar-refractivity contribution in [3.8, 4) is 0 Å². The molecule has 0 aromatic heterocycles. The minimum atomic E-state index is -3.36. The van der Waals surface area contributed by atoms with Gasteiger partial charge in [0, 0.05) is 17.3 Å². The van der Waals surface area contributed by atoms with Crippen molar-refractivity contribution in [3.05, 3.63) is 0 Å². The summed E-state index contributed by atoms with van der Waals surface area (Å²) in [6.45, 7) is 2.92. The molecule has 5 heteroatoms. The Balaban J connectivity index is 2.24. The van der Waals surface area contributed by atoms with Gasteiger partial charge in [-0.3, -0.25) is 0 Å². The van der Waals surface area contributed by atoms with E-state index in [9.17, 15) is 8.42 Å². The Labute approximate surface area is 96.6 Å². The van der Waals surface area contributed by atoms with Crippen LogP contribution in [0.5, 0.6) is 0 Å². The molecule has 1 fully saturated rings. The van der Waals surface area contributed by atoms with Gasteiger partial charge in [0.1, 0.15) is 0 Å². The van der Waals surface area contributed by atoms with Crippen molar-refractivity contribution in [2.45, 2.75) is 56.8 Å². The zero-order chi connectivity index (χ0) is 11.3. The molecule has 0 aromatic carbocycles. The van der Waals surface area contributed by atoms with E-state index in [2.05, 4.69) is 6.92 Å². The lowest BCUT2D eigenvalue weighted by atomic mass is 9.97. The normalized spacial score (nSPS) is 27.9. The quantitative estimate of drug-likeness (QED) is 0.560. The van der Waals surface area contributed by atoms with Gasteiger partial charge in [0.15, 0.2) is 0 Å². The maximum absolute atomic E-state index is 11.1. The van der Waals surface area contributed by atoms with E-state index >= 15 is 0 Å². The lowest BCUT2D eigenvalue weighted by molar-refractivity contribution is 0.0276. The van der Waals surface area contributed by atoms with Crippen molar-refractivity contribution >= 4 is 19.7 Å². The summed E-state index contributed by atoms with van der Waals surface area (Å²) in [5.74, 6) is 0. The molecule has 0 amide bonds. The summed E-state index contributed by atoms with van der Waals surface area (Å²) in [7, 11) is 1.96. The summed E-state index contributed by atoms with van der Waals surface area (Å²) in [5.41, 5.74) is 0. The van der Waals surface area contributed by atoms with Gasteiger partial charge < -0.3 is 4.74 Å². The van der Waals surface area contributed by atoms with Gasteiger partial charge in [-0.1, -0.05) is 13.3 Å². The summed E-state index contributed by atoms with van der Waals surface area (Å²) in [6.07, 6.45) is 5.37. The summed E-state index contributed by atoms with van der Waals surface area (Å²) >= 11 is 0. The molecule has 0 heterocycles. The fraction of sp³-hybridized carbons (Fsp3) is 1.00. The highest BCUT2D eigenvalue weighted by molar-refractivity contribution is 8.14. The molecule has 0 aliphatic heterocycles. The van der Waals surface area contributed by atoms with Crippen molar-refractivity contribution in [2.24, 2.45) is 0 Å². The Morgan fingerprint density at radius 3 is 2.33 bits per heavy atom. The SMILES string of the molecule is CCCCOC1CCC(S(=O)(=O)Cl)CC1. The smallest absolute Gasteiger partial charge is 0.235 e. The molecule has 1 aliphatic carbocycles. The molecule has 0 unspecified atom stereocenters. The van der Waals surface area contributed by atoms with E-state index in [0.29, 0.717) is 12.8 Å². The highest BCUT2D eigenvalue weighted by atomic mass is 35.7. The number of ether oxygens (including phenoxy) is 1. The zero-order valence-corrected chi connectivity index (χ0v) is 10.7. The summed E-state index contributed by atoms with van der Waals surface area (Å²) < 4.78 is 27.8. The van der Waals surface area contributed by atoms with Crippen LogP contribution in [0.3, 0.4) is 0 Å². The number of hydrogen-bond donors (Lipinski definition) is 0. The van der Waals surface area contributed by atoms with Crippen LogP contribution in [0.2, 0.25) is 0 Å². The average Bonchev–Trinajstić information content (AvgIpc) is 2.18. The van der Waals surface area contributed by atoms with Gasteiger partial charge in [0.2, 0.25) is 9.05 Å². The second-order valence-corrected chi connectivity index (χ2v) is 7.01. The topological polar surface area (TPSA) is 43.4 Å². The Kier molecular flexibility index (Phi) is 5.36. The van der Waals surface area contributed by atoms with Crippen LogP contribution in [0.15, 0.2) is 0 Å². The van der Waals surface area contributed by atoms with Crippen molar-refractivity contribution in [3.63, 3.8) is 0 Å². The van der Waals surface area contributed by atoms with E-state index in [-0.39, 0.29) is 11.4 Å². The molecule has 0 N–H and O–H groups in total. The third kappa shape index (κ3) is 4.70. The van der Waals surface area contributed by atoms with Crippen LogP contribution < -0.4 is 0 Å². The van der Waals surface area contributed by atoms with Crippen molar-refractivity contribution in [1.29, 1.82) is 0 Å². The summed E-state index contributed by atoms with van der Waals surface area (Å²) in [6, 6.07) is 0. The van der Waals surface area contributed by atoms with Crippen LogP contribution in [0.25, 0.3) is 0 Å². The monoisotopic (exact) mass is 254 g/mol. The van der Waals surface area contributed by atoms with Gasteiger partial charge in [-0.15, -0.1) is 0 Å². The molecule has 0 aromatic rings.